The van der Waals surface area contributed by atoms with Gasteiger partial charge >= 0.3 is 5.97 Å². The van der Waals surface area contributed by atoms with Crippen LogP contribution in [0.2, 0.25) is 5.02 Å². The topological polar surface area (TPSA) is 78.6 Å². The molecule has 0 radical (unpaired) electrons. The molecule has 1 aliphatic heterocycles. The van der Waals surface area contributed by atoms with Crippen molar-refractivity contribution in [3.05, 3.63) is 62.5 Å². The number of halogens is 1. The SMILES string of the molecule is COCc1nnc2n1-c1sc(C)c(C)c1C(c1ccc(Cl)cc1)=NC2CC(=O)OC(C)(C)C. The number of rotatable bonds is 5. The number of ether oxygens (including phenoxy) is 2. The van der Waals surface area contributed by atoms with Gasteiger partial charge in [0.1, 0.15) is 23.3 Å². The number of aromatic nitrogens is 3. The molecule has 0 bridgehead atoms. The molecule has 0 aliphatic carbocycles. The van der Waals surface area contributed by atoms with Gasteiger partial charge in [0.15, 0.2) is 11.6 Å². The summed E-state index contributed by atoms with van der Waals surface area (Å²) < 4.78 is 13.0. The van der Waals surface area contributed by atoms with Crippen LogP contribution in [0.3, 0.4) is 0 Å². The third kappa shape index (κ3) is 4.74. The maximum absolute atomic E-state index is 12.8. The van der Waals surface area contributed by atoms with Crippen molar-refractivity contribution in [2.24, 2.45) is 4.99 Å². The number of carbonyl (C=O) groups is 1. The van der Waals surface area contributed by atoms with Gasteiger partial charge < -0.3 is 9.47 Å². The van der Waals surface area contributed by atoms with E-state index in [1.165, 1.54) is 4.88 Å². The summed E-state index contributed by atoms with van der Waals surface area (Å²) in [6, 6.07) is 7.02. The van der Waals surface area contributed by atoms with E-state index in [2.05, 4.69) is 24.0 Å². The van der Waals surface area contributed by atoms with Gasteiger partial charge in [-0.2, -0.15) is 0 Å². The zero-order valence-electron chi connectivity index (χ0n) is 19.6. The molecule has 33 heavy (non-hydrogen) atoms. The Hall–Kier alpha value is -2.55. The summed E-state index contributed by atoms with van der Waals surface area (Å²) in [5.74, 6) is 0.920. The smallest absolute Gasteiger partial charge is 0.308 e. The van der Waals surface area contributed by atoms with E-state index in [1.807, 2.05) is 49.6 Å². The number of hydrogen-bond donors (Lipinski definition) is 0. The first-order valence-corrected chi connectivity index (χ1v) is 11.9. The number of thiophene rings is 1. The van der Waals surface area contributed by atoms with Gasteiger partial charge in [0.2, 0.25) is 0 Å². The molecule has 0 spiro atoms. The third-order valence-electron chi connectivity index (χ3n) is 5.32. The van der Waals surface area contributed by atoms with Crippen molar-refractivity contribution in [1.82, 2.24) is 14.8 Å². The van der Waals surface area contributed by atoms with Gasteiger partial charge in [-0.25, -0.2) is 0 Å². The molecule has 1 aromatic carbocycles. The molecule has 1 unspecified atom stereocenters. The van der Waals surface area contributed by atoms with Crippen LogP contribution in [0.5, 0.6) is 0 Å². The van der Waals surface area contributed by atoms with Gasteiger partial charge in [-0.1, -0.05) is 23.7 Å². The Morgan fingerprint density at radius 1 is 1.18 bits per heavy atom. The van der Waals surface area contributed by atoms with Crippen molar-refractivity contribution in [3.8, 4) is 5.00 Å². The van der Waals surface area contributed by atoms with E-state index < -0.39 is 11.6 Å². The number of methoxy groups -OCH3 is 1. The van der Waals surface area contributed by atoms with E-state index in [9.17, 15) is 4.79 Å². The Bertz CT molecular complexity index is 1220. The largest absolute Gasteiger partial charge is 0.460 e. The molecule has 3 heterocycles. The van der Waals surface area contributed by atoms with Crippen molar-refractivity contribution in [2.45, 2.75) is 59.3 Å². The highest BCUT2D eigenvalue weighted by Gasteiger charge is 2.34. The highest BCUT2D eigenvalue weighted by atomic mass is 35.5. The van der Waals surface area contributed by atoms with Gasteiger partial charge in [0.05, 0.1) is 12.1 Å². The number of esters is 1. The van der Waals surface area contributed by atoms with Crippen LogP contribution in [0.25, 0.3) is 5.00 Å². The normalized spacial score (nSPS) is 15.5. The molecule has 1 aliphatic rings. The second-order valence-electron chi connectivity index (χ2n) is 9.00. The summed E-state index contributed by atoms with van der Waals surface area (Å²) >= 11 is 7.81. The van der Waals surface area contributed by atoms with E-state index in [1.54, 1.807) is 18.4 Å². The number of carbonyl (C=O) groups excluding carboxylic acids is 1. The summed E-state index contributed by atoms with van der Waals surface area (Å²) in [4.78, 5) is 19.1. The zero-order valence-corrected chi connectivity index (χ0v) is 21.2. The molecule has 2 aromatic heterocycles. The minimum absolute atomic E-state index is 0.0481. The molecule has 1 atom stereocenters. The number of nitrogens with zero attached hydrogens (tertiary/aromatic N) is 4. The van der Waals surface area contributed by atoms with Gasteiger partial charge in [-0.15, -0.1) is 21.5 Å². The lowest BCUT2D eigenvalue weighted by Crippen LogP contribution is -2.25. The Kier molecular flexibility index (Phi) is 6.44. The predicted octanol–water partition coefficient (Wildman–Crippen LogP) is 5.37. The minimum Gasteiger partial charge on any atom is -0.460 e. The van der Waals surface area contributed by atoms with Gasteiger partial charge in [-0.3, -0.25) is 14.4 Å². The number of hydrogen-bond acceptors (Lipinski definition) is 7. The second-order valence-corrected chi connectivity index (χ2v) is 10.6. The fourth-order valence-corrected chi connectivity index (χ4v) is 5.13. The maximum atomic E-state index is 12.8. The maximum Gasteiger partial charge on any atom is 0.308 e. The van der Waals surface area contributed by atoms with Gasteiger partial charge in [0, 0.05) is 28.1 Å². The predicted molar refractivity (Wildman–Crippen MR) is 130 cm³/mol. The lowest BCUT2D eigenvalue weighted by atomic mass is 9.99. The molecule has 7 nitrogen and oxygen atoms in total. The molecule has 0 saturated carbocycles. The van der Waals surface area contributed by atoms with Crippen molar-refractivity contribution in [3.63, 3.8) is 0 Å². The number of fused-ring (bicyclic) bond motifs is 3. The summed E-state index contributed by atoms with van der Waals surface area (Å²) in [5.41, 5.74) is 3.26. The lowest BCUT2D eigenvalue weighted by Gasteiger charge is -2.21. The Morgan fingerprint density at radius 2 is 1.88 bits per heavy atom. The van der Waals surface area contributed by atoms with E-state index in [0.29, 0.717) is 16.7 Å². The van der Waals surface area contributed by atoms with Crippen LogP contribution in [0.15, 0.2) is 29.3 Å². The van der Waals surface area contributed by atoms with Crippen molar-refractivity contribution in [1.29, 1.82) is 0 Å². The summed E-state index contributed by atoms with van der Waals surface area (Å²) in [6.07, 6.45) is 0.0481. The number of aryl methyl sites for hydroxylation is 1. The standard InChI is InChI=1S/C24H27ClN4O3S/c1-13-14(2)33-23-20(13)21(15-7-9-16(25)10-8-15)26-17(11-19(30)32-24(3,4)5)22-28-27-18(12-31-6)29(22)23/h7-10,17H,11-12H2,1-6H3. The Labute approximate surface area is 202 Å². The Morgan fingerprint density at radius 3 is 2.52 bits per heavy atom. The summed E-state index contributed by atoms with van der Waals surface area (Å²) in [5, 5.41) is 10.4. The number of aliphatic imine (C=N–C) groups is 1. The second kappa shape index (κ2) is 9.00. The van der Waals surface area contributed by atoms with Crippen LogP contribution in [-0.2, 0) is 20.9 Å². The van der Waals surface area contributed by atoms with Gasteiger partial charge in [0.25, 0.3) is 0 Å². The fraction of sp³-hybridized carbons (Fsp3) is 0.417. The first kappa shape index (κ1) is 23.6. The molecule has 0 saturated heterocycles. The van der Waals surface area contributed by atoms with E-state index >= 15 is 0 Å². The van der Waals surface area contributed by atoms with Crippen LogP contribution in [0.1, 0.15) is 66.5 Å². The van der Waals surface area contributed by atoms with Crippen molar-refractivity contribution in [2.75, 3.05) is 7.11 Å². The molecule has 0 amide bonds. The lowest BCUT2D eigenvalue weighted by molar-refractivity contribution is -0.155. The van der Waals surface area contributed by atoms with Crippen molar-refractivity contribution < 1.29 is 14.3 Å². The third-order valence-corrected chi connectivity index (χ3v) is 6.76. The average molecular weight is 487 g/mol. The van der Waals surface area contributed by atoms with Crippen LogP contribution < -0.4 is 0 Å². The minimum atomic E-state index is -0.592. The molecule has 0 N–H and O–H groups in total. The summed E-state index contributed by atoms with van der Waals surface area (Å²) in [7, 11) is 1.62. The zero-order chi connectivity index (χ0) is 23.9. The highest BCUT2D eigenvalue weighted by molar-refractivity contribution is 7.15. The van der Waals surface area contributed by atoms with Crippen LogP contribution in [0, 0.1) is 13.8 Å². The van der Waals surface area contributed by atoms with Crippen LogP contribution >= 0.6 is 22.9 Å². The monoisotopic (exact) mass is 486 g/mol. The van der Waals surface area contributed by atoms with Gasteiger partial charge in [-0.05, 0) is 52.3 Å². The fourth-order valence-electron chi connectivity index (χ4n) is 3.82. The highest BCUT2D eigenvalue weighted by Crippen LogP contribution is 2.40. The van der Waals surface area contributed by atoms with E-state index in [0.717, 1.165) is 27.4 Å². The molecule has 9 heteroatoms. The van der Waals surface area contributed by atoms with E-state index in [-0.39, 0.29) is 19.0 Å². The molecule has 0 fully saturated rings. The first-order chi connectivity index (χ1) is 15.6. The molecular weight excluding hydrogens is 460 g/mol. The number of benzene rings is 1. The quantitative estimate of drug-likeness (QED) is 0.453. The molecular formula is C24H27ClN4O3S. The Balaban J connectivity index is 1.93. The van der Waals surface area contributed by atoms with E-state index in [4.69, 9.17) is 26.1 Å². The first-order valence-electron chi connectivity index (χ1n) is 10.7. The molecule has 4 rings (SSSR count). The average Bonchev–Trinajstić information content (AvgIpc) is 3.22. The molecule has 3 aromatic rings. The van der Waals surface area contributed by atoms with Crippen LogP contribution in [-0.4, -0.2) is 39.2 Å². The summed E-state index contributed by atoms with van der Waals surface area (Å²) in [6.45, 7) is 10.0. The van der Waals surface area contributed by atoms with Crippen LogP contribution in [0.4, 0.5) is 0 Å². The molecule has 174 valence electrons. The van der Waals surface area contributed by atoms with Crippen molar-refractivity contribution >= 4 is 34.6 Å².